The van der Waals surface area contributed by atoms with Gasteiger partial charge in [-0.25, -0.2) is 0 Å². The summed E-state index contributed by atoms with van der Waals surface area (Å²) in [5.41, 5.74) is 6.42. The molecule has 0 spiro atoms. The molecule has 0 fully saturated rings. The SMILES string of the molecule is CC(CCN)c1nnc2ccccn12. The largest absolute Gasteiger partial charge is 0.330 e. The van der Waals surface area contributed by atoms with Crippen LogP contribution in [0.4, 0.5) is 0 Å². The van der Waals surface area contributed by atoms with Gasteiger partial charge >= 0.3 is 0 Å². The summed E-state index contributed by atoms with van der Waals surface area (Å²) in [6.45, 7) is 2.80. The Kier molecular flexibility index (Phi) is 2.45. The summed E-state index contributed by atoms with van der Waals surface area (Å²) in [5.74, 6) is 1.35. The summed E-state index contributed by atoms with van der Waals surface area (Å²) >= 11 is 0. The monoisotopic (exact) mass is 190 g/mol. The molecule has 2 aromatic heterocycles. The molecule has 74 valence electrons. The molecule has 0 aliphatic carbocycles. The van der Waals surface area contributed by atoms with E-state index in [-0.39, 0.29) is 0 Å². The molecule has 4 heteroatoms. The molecule has 0 saturated heterocycles. The van der Waals surface area contributed by atoms with Gasteiger partial charge < -0.3 is 5.73 Å². The van der Waals surface area contributed by atoms with Crippen molar-refractivity contribution in [2.24, 2.45) is 5.73 Å². The molecule has 1 atom stereocenters. The first-order chi connectivity index (χ1) is 6.83. The predicted octanol–water partition coefficient (Wildman–Crippen LogP) is 1.18. The zero-order chi connectivity index (χ0) is 9.97. The third-order valence-corrected chi connectivity index (χ3v) is 2.38. The van der Waals surface area contributed by atoms with E-state index in [1.54, 1.807) is 0 Å². The first kappa shape index (κ1) is 9.15. The highest BCUT2D eigenvalue weighted by atomic mass is 15.2. The van der Waals surface area contributed by atoms with Gasteiger partial charge in [-0.15, -0.1) is 10.2 Å². The molecule has 14 heavy (non-hydrogen) atoms. The fraction of sp³-hybridized carbons (Fsp3) is 0.400. The highest BCUT2D eigenvalue weighted by Gasteiger charge is 2.11. The molecule has 0 aliphatic heterocycles. The Morgan fingerprint density at radius 3 is 3.07 bits per heavy atom. The normalized spacial score (nSPS) is 13.3. The molecule has 0 aromatic carbocycles. The van der Waals surface area contributed by atoms with Crippen molar-refractivity contribution in [2.75, 3.05) is 6.54 Å². The predicted molar refractivity (Wildman–Crippen MR) is 55.1 cm³/mol. The Balaban J connectivity index is 2.42. The Bertz CT molecular complexity index is 421. The van der Waals surface area contributed by atoms with Gasteiger partial charge in [0.25, 0.3) is 0 Å². The Labute approximate surface area is 82.8 Å². The highest BCUT2D eigenvalue weighted by molar-refractivity contribution is 5.37. The number of rotatable bonds is 3. The zero-order valence-electron chi connectivity index (χ0n) is 8.22. The molecule has 2 rings (SSSR count). The number of hydrogen-bond donors (Lipinski definition) is 1. The van der Waals surface area contributed by atoms with Gasteiger partial charge in [-0.05, 0) is 25.1 Å². The second kappa shape index (κ2) is 3.75. The maximum Gasteiger partial charge on any atom is 0.160 e. The van der Waals surface area contributed by atoms with Crippen molar-refractivity contribution in [3.05, 3.63) is 30.2 Å². The number of pyridine rings is 1. The number of hydrogen-bond acceptors (Lipinski definition) is 3. The van der Waals surface area contributed by atoms with Crippen molar-refractivity contribution < 1.29 is 0 Å². The lowest BCUT2D eigenvalue weighted by Crippen LogP contribution is -2.07. The number of nitrogens with two attached hydrogens (primary N) is 1. The third-order valence-electron chi connectivity index (χ3n) is 2.38. The standard InChI is InChI=1S/C10H14N4/c1-8(5-6-11)10-13-12-9-4-2-3-7-14(9)10/h2-4,7-8H,5-6,11H2,1H3. The Morgan fingerprint density at radius 2 is 2.29 bits per heavy atom. The van der Waals surface area contributed by atoms with E-state index in [2.05, 4.69) is 17.1 Å². The molecule has 0 radical (unpaired) electrons. The minimum absolute atomic E-state index is 0.359. The van der Waals surface area contributed by atoms with Crippen LogP contribution in [0.3, 0.4) is 0 Å². The summed E-state index contributed by atoms with van der Waals surface area (Å²) in [5, 5.41) is 8.27. The van der Waals surface area contributed by atoms with E-state index < -0.39 is 0 Å². The van der Waals surface area contributed by atoms with Gasteiger partial charge in [0, 0.05) is 12.1 Å². The van der Waals surface area contributed by atoms with Crippen molar-refractivity contribution in [3.63, 3.8) is 0 Å². The maximum absolute atomic E-state index is 5.52. The van der Waals surface area contributed by atoms with Crippen LogP contribution in [0, 0.1) is 0 Å². The smallest absolute Gasteiger partial charge is 0.160 e. The van der Waals surface area contributed by atoms with E-state index in [1.165, 1.54) is 0 Å². The lowest BCUT2D eigenvalue weighted by atomic mass is 10.1. The summed E-state index contributed by atoms with van der Waals surface area (Å²) < 4.78 is 2.01. The van der Waals surface area contributed by atoms with Crippen LogP contribution < -0.4 is 5.73 Å². The van der Waals surface area contributed by atoms with E-state index in [0.29, 0.717) is 12.5 Å². The van der Waals surface area contributed by atoms with E-state index >= 15 is 0 Å². The van der Waals surface area contributed by atoms with Crippen LogP contribution in [0.15, 0.2) is 24.4 Å². The molecule has 0 saturated carbocycles. The van der Waals surface area contributed by atoms with Gasteiger partial charge in [-0.1, -0.05) is 13.0 Å². The van der Waals surface area contributed by atoms with Crippen LogP contribution in [-0.4, -0.2) is 21.1 Å². The molecule has 1 unspecified atom stereocenters. The third kappa shape index (κ3) is 1.48. The van der Waals surface area contributed by atoms with E-state index in [9.17, 15) is 0 Å². The fourth-order valence-electron chi connectivity index (χ4n) is 1.58. The summed E-state index contributed by atoms with van der Waals surface area (Å²) in [7, 11) is 0. The average Bonchev–Trinajstić information content (AvgIpc) is 2.61. The molecular formula is C10H14N4. The number of aromatic nitrogens is 3. The van der Waals surface area contributed by atoms with Gasteiger partial charge in [-0.3, -0.25) is 4.40 Å². The van der Waals surface area contributed by atoms with Crippen LogP contribution in [-0.2, 0) is 0 Å². The van der Waals surface area contributed by atoms with Gasteiger partial charge in [0.15, 0.2) is 5.65 Å². The lowest BCUT2D eigenvalue weighted by Gasteiger charge is -2.06. The van der Waals surface area contributed by atoms with Gasteiger partial charge in [0.2, 0.25) is 0 Å². The molecule has 4 nitrogen and oxygen atoms in total. The second-order valence-electron chi connectivity index (χ2n) is 3.47. The van der Waals surface area contributed by atoms with Crippen LogP contribution in [0.5, 0.6) is 0 Å². The maximum atomic E-state index is 5.52. The fourth-order valence-corrected chi connectivity index (χ4v) is 1.58. The van der Waals surface area contributed by atoms with Gasteiger partial charge in [-0.2, -0.15) is 0 Å². The Morgan fingerprint density at radius 1 is 1.43 bits per heavy atom. The summed E-state index contributed by atoms with van der Waals surface area (Å²) in [6, 6.07) is 5.89. The minimum atomic E-state index is 0.359. The molecule has 0 amide bonds. The molecule has 2 aromatic rings. The van der Waals surface area contributed by atoms with Gasteiger partial charge in [0.05, 0.1) is 0 Å². The van der Waals surface area contributed by atoms with Crippen LogP contribution in [0.1, 0.15) is 25.1 Å². The molecular weight excluding hydrogens is 176 g/mol. The first-order valence-corrected chi connectivity index (χ1v) is 4.82. The topological polar surface area (TPSA) is 56.2 Å². The Hall–Kier alpha value is -1.42. The van der Waals surface area contributed by atoms with Gasteiger partial charge in [0.1, 0.15) is 5.82 Å². The number of fused-ring (bicyclic) bond motifs is 1. The molecule has 2 heterocycles. The van der Waals surface area contributed by atoms with Crippen molar-refractivity contribution in [2.45, 2.75) is 19.3 Å². The van der Waals surface area contributed by atoms with Crippen LogP contribution in [0.25, 0.3) is 5.65 Å². The molecule has 0 aliphatic rings. The van der Waals surface area contributed by atoms with Crippen molar-refractivity contribution in [1.82, 2.24) is 14.6 Å². The zero-order valence-corrected chi connectivity index (χ0v) is 8.22. The lowest BCUT2D eigenvalue weighted by molar-refractivity contribution is 0.639. The summed E-state index contributed by atoms with van der Waals surface area (Å²) in [6.07, 6.45) is 2.92. The van der Waals surface area contributed by atoms with Crippen LogP contribution in [0.2, 0.25) is 0 Å². The highest BCUT2D eigenvalue weighted by Crippen LogP contribution is 2.16. The van der Waals surface area contributed by atoms with Crippen LogP contribution >= 0.6 is 0 Å². The van der Waals surface area contributed by atoms with Crippen molar-refractivity contribution >= 4 is 5.65 Å². The van der Waals surface area contributed by atoms with E-state index in [4.69, 9.17) is 5.73 Å². The molecule has 2 N–H and O–H groups in total. The van der Waals surface area contributed by atoms with Crippen molar-refractivity contribution in [3.8, 4) is 0 Å². The molecule has 0 bridgehead atoms. The van der Waals surface area contributed by atoms with E-state index in [1.807, 2.05) is 28.8 Å². The second-order valence-corrected chi connectivity index (χ2v) is 3.47. The van der Waals surface area contributed by atoms with E-state index in [0.717, 1.165) is 17.9 Å². The van der Waals surface area contributed by atoms with Crippen molar-refractivity contribution in [1.29, 1.82) is 0 Å². The minimum Gasteiger partial charge on any atom is -0.330 e. The average molecular weight is 190 g/mol. The quantitative estimate of drug-likeness (QED) is 0.790. The summed E-state index contributed by atoms with van der Waals surface area (Å²) in [4.78, 5) is 0. The first-order valence-electron chi connectivity index (χ1n) is 4.82. The number of nitrogens with zero attached hydrogens (tertiary/aromatic N) is 3.